The lowest BCUT2D eigenvalue weighted by Gasteiger charge is -2.15. The summed E-state index contributed by atoms with van der Waals surface area (Å²) >= 11 is 0. The second kappa shape index (κ2) is 4.80. The van der Waals surface area contributed by atoms with Crippen LogP contribution in [0, 0.1) is 11.6 Å². The van der Waals surface area contributed by atoms with Crippen LogP contribution in [-0.4, -0.2) is 10.5 Å². The minimum atomic E-state index is -0.903. The molecule has 1 aliphatic rings. The summed E-state index contributed by atoms with van der Waals surface area (Å²) in [6.45, 7) is 0. The Hall–Kier alpha value is -2.50. The average molecular weight is 290 g/mol. The number of carbonyl (C=O) groups excluding carboxylic acids is 1. The molecule has 4 nitrogen and oxygen atoms in total. The molecule has 1 aromatic carbocycles. The number of hydrogen-bond acceptors (Lipinski definition) is 2. The van der Waals surface area contributed by atoms with Gasteiger partial charge in [-0.05, 0) is 31.4 Å². The molecule has 108 valence electrons. The van der Waals surface area contributed by atoms with E-state index in [-0.39, 0.29) is 11.3 Å². The van der Waals surface area contributed by atoms with Gasteiger partial charge in [0.2, 0.25) is 0 Å². The van der Waals surface area contributed by atoms with E-state index in [0.29, 0.717) is 30.5 Å². The average Bonchev–Trinajstić information content (AvgIpc) is 2.90. The number of nitrogens with two attached hydrogens (primary N) is 1. The number of carbonyl (C=O) groups is 1. The molecule has 0 saturated heterocycles. The minimum Gasteiger partial charge on any atom is -0.365 e. The molecular weight excluding hydrogens is 278 g/mol. The zero-order valence-electron chi connectivity index (χ0n) is 11.0. The summed E-state index contributed by atoms with van der Waals surface area (Å²) in [5.74, 6) is -2.42. The number of halogens is 2. The monoisotopic (exact) mass is 290 g/mol. The fourth-order valence-corrected chi connectivity index (χ4v) is 2.76. The van der Waals surface area contributed by atoms with E-state index >= 15 is 0 Å². The normalized spacial score (nSPS) is 13.2. The second-order valence-corrected chi connectivity index (χ2v) is 4.96. The van der Waals surface area contributed by atoms with E-state index in [2.05, 4.69) is 0 Å². The van der Waals surface area contributed by atoms with E-state index in [1.807, 2.05) is 0 Å². The highest BCUT2D eigenvalue weighted by atomic mass is 19.1. The molecule has 2 aromatic rings. The third-order valence-corrected chi connectivity index (χ3v) is 3.70. The Labute approximate surface area is 118 Å². The number of pyridine rings is 1. The standard InChI is InChI=1S/C15H12F2N2O2/c16-10-4-2-5-11(17)13(10)19-7-9(15(18)21)14(20)8-3-1-6-12(8)19/h2,4-5,7H,1,3,6H2,(H2,18,21). The number of hydrogen-bond donors (Lipinski definition) is 1. The van der Waals surface area contributed by atoms with E-state index in [1.54, 1.807) is 0 Å². The van der Waals surface area contributed by atoms with Crippen molar-refractivity contribution >= 4 is 5.91 Å². The fraction of sp³-hybridized carbons (Fsp3) is 0.200. The summed E-state index contributed by atoms with van der Waals surface area (Å²) in [5, 5.41) is 0. The van der Waals surface area contributed by atoms with Crippen LogP contribution in [0.15, 0.2) is 29.2 Å². The van der Waals surface area contributed by atoms with Gasteiger partial charge in [-0.25, -0.2) is 8.78 Å². The lowest BCUT2D eigenvalue weighted by atomic mass is 10.1. The Balaban J connectivity index is 2.39. The van der Waals surface area contributed by atoms with Crippen LogP contribution in [0.5, 0.6) is 0 Å². The lowest BCUT2D eigenvalue weighted by Crippen LogP contribution is -2.27. The number of rotatable bonds is 2. The van der Waals surface area contributed by atoms with Crippen molar-refractivity contribution in [1.82, 2.24) is 4.57 Å². The van der Waals surface area contributed by atoms with Crippen LogP contribution in [0.4, 0.5) is 8.78 Å². The van der Waals surface area contributed by atoms with Gasteiger partial charge in [0.1, 0.15) is 22.9 Å². The van der Waals surface area contributed by atoms with Gasteiger partial charge in [0.15, 0.2) is 5.43 Å². The van der Waals surface area contributed by atoms with Gasteiger partial charge in [0, 0.05) is 17.5 Å². The molecule has 0 fully saturated rings. The number of aromatic nitrogens is 1. The van der Waals surface area contributed by atoms with Gasteiger partial charge in [-0.2, -0.15) is 0 Å². The molecule has 1 heterocycles. The summed E-state index contributed by atoms with van der Waals surface area (Å²) in [7, 11) is 0. The molecule has 2 N–H and O–H groups in total. The highest BCUT2D eigenvalue weighted by Crippen LogP contribution is 2.26. The van der Waals surface area contributed by atoms with Crippen molar-refractivity contribution in [3.8, 4) is 5.69 Å². The van der Waals surface area contributed by atoms with Crippen LogP contribution < -0.4 is 11.2 Å². The van der Waals surface area contributed by atoms with Gasteiger partial charge in [0.05, 0.1) is 0 Å². The van der Waals surface area contributed by atoms with Crippen molar-refractivity contribution in [2.45, 2.75) is 19.3 Å². The van der Waals surface area contributed by atoms with Gasteiger partial charge in [-0.15, -0.1) is 0 Å². The van der Waals surface area contributed by atoms with Crippen molar-refractivity contribution < 1.29 is 13.6 Å². The molecule has 0 saturated carbocycles. The first-order chi connectivity index (χ1) is 10.0. The quantitative estimate of drug-likeness (QED) is 0.915. The molecule has 0 aliphatic heterocycles. The minimum absolute atomic E-state index is 0.252. The predicted octanol–water partition coefficient (Wildman–Crippen LogP) is 1.70. The number of amides is 1. The van der Waals surface area contributed by atoms with Gasteiger partial charge in [0.25, 0.3) is 5.91 Å². The third-order valence-electron chi connectivity index (χ3n) is 3.70. The predicted molar refractivity (Wildman–Crippen MR) is 72.5 cm³/mol. The summed E-state index contributed by atoms with van der Waals surface area (Å²) in [6, 6.07) is 3.51. The van der Waals surface area contributed by atoms with E-state index in [0.717, 1.165) is 18.3 Å². The first-order valence-corrected chi connectivity index (χ1v) is 6.52. The van der Waals surface area contributed by atoms with Crippen molar-refractivity contribution in [1.29, 1.82) is 0 Å². The Morgan fingerprint density at radius 2 is 1.86 bits per heavy atom. The van der Waals surface area contributed by atoms with Crippen LogP contribution in [0.1, 0.15) is 28.0 Å². The van der Waals surface area contributed by atoms with Gasteiger partial charge >= 0.3 is 0 Å². The molecule has 21 heavy (non-hydrogen) atoms. The van der Waals surface area contributed by atoms with Crippen molar-refractivity contribution in [3.05, 3.63) is 63.1 Å². The first-order valence-electron chi connectivity index (χ1n) is 6.52. The molecular formula is C15H12F2N2O2. The molecule has 3 rings (SSSR count). The van der Waals surface area contributed by atoms with Crippen LogP contribution >= 0.6 is 0 Å². The smallest absolute Gasteiger partial charge is 0.254 e. The molecule has 6 heteroatoms. The zero-order chi connectivity index (χ0) is 15.1. The van der Waals surface area contributed by atoms with Crippen molar-refractivity contribution in [2.75, 3.05) is 0 Å². The van der Waals surface area contributed by atoms with Gasteiger partial charge < -0.3 is 10.3 Å². The van der Waals surface area contributed by atoms with Crippen LogP contribution in [0.2, 0.25) is 0 Å². The molecule has 1 aliphatic carbocycles. The SMILES string of the molecule is NC(=O)c1cn(-c2c(F)cccc2F)c2c(c1=O)CCC2. The third kappa shape index (κ3) is 2.03. The van der Waals surface area contributed by atoms with E-state index in [9.17, 15) is 18.4 Å². The Morgan fingerprint density at radius 1 is 1.19 bits per heavy atom. The molecule has 0 atom stereocenters. The van der Waals surface area contributed by atoms with Crippen LogP contribution in [-0.2, 0) is 12.8 Å². The fourth-order valence-electron chi connectivity index (χ4n) is 2.76. The second-order valence-electron chi connectivity index (χ2n) is 4.96. The van der Waals surface area contributed by atoms with Crippen LogP contribution in [0.3, 0.4) is 0 Å². The van der Waals surface area contributed by atoms with Gasteiger partial charge in [-0.3, -0.25) is 9.59 Å². The maximum Gasteiger partial charge on any atom is 0.254 e. The number of nitrogens with zero attached hydrogens (tertiary/aromatic N) is 1. The van der Waals surface area contributed by atoms with Crippen molar-refractivity contribution in [3.63, 3.8) is 0 Å². The number of fused-ring (bicyclic) bond motifs is 1. The molecule has 1 aromatic heterocycles. The largest absolute Gasteiger partial charge is 0.365 e. The van der Waals surface area contributed by atoms with Crippen molar-refractivity contribution in [2.24, 2.45) is 5.73 Å². The Kier molecular flexibility index (Phi) is 3.08. The highest BCUT2D eigenvalue weighted by Gasteiger charge is 2.25. The highest BCUT2D eigenvalue weighted by molar-refractivity contribution is 5.92. The Bertz CT molecular complexity index is 792. The number of benzene rings is 1. The molecule has 0 bridgehead atoms. The zero-order valence-corrected chi connectivity index (χ0v) is 11.0. The molecule has 1 amide bonds. The van der Waals surface area contributed by atoms with E-state index in [1.165, 1.54) is 10.6 Å². The maximum absolute atomic E-state index is 14.0. The molecule has 0 radical (unpaired) electrons. The van der Waals surface area contributed by atoms with E-state index in [4.69, 9.17) is 5.73 Å². The maximum atomic E-state index is 14.0. The molecule has 0 spiro atoms. The Morgan fingerprint density at radius 3 is 2.48 bits per heavy atom. The number of primary amides is 1. The topological polar surface area (TPSA) is 65.1 Å². The first kappa shape index (κ1) is 13.5. The summed E-state index contributed by atoms with van der Waals surface area (Å²) in [5.41, 5.74) is 5.15. The van der Waals surface area contributed by atoms with Crippen LogP contribution in [0.25, 0.3) is 5.69 Å². The molecule has 0 unspecified atom stereocenters. The number of para-hydroxylation sites is 1. The van der Waals surface area contributed by atoms with Gasteiger partial charge in [-0.1, -0.05) is 6.07 Å². The summed E-state index contributed by atoms with van der Waals surface area (Å²) < 4.78 is 29.2. The summed E-state index contributed by atoms with van der Waals surface area (Å²) in [4.78, 5) is 23.6. The van der Waals surface area contributed by atoms with E-state index < -0.39 is 23.0 Å². The lowest BCUT2D eigenvalue weighted by molar-refractivity contribution is 0.0998. The summed E-state index contributed by atoms with van der Waals surface area (Å²) in [6.07, 6.45) is 2.84.